The molecule has 0 saturated carbocycles. The summed E-state index contributed by atoms with van der Waals surface area (Å²) in [6.07, 6.45) is 0. The van der Waals surface area contributed by atoms with E-state index in [9.17, 15) is 9.59 Å². The van der Waals surface area contributed by atoms with E-state index in [4.69, 9.17) is 4.74 Å². The van der Waals surface area contributed by atoms with Gasteiger partial charge in [-0.2, -0.15) is 0 Å². The molecule has 1 atom stereocenters. The number of anilines is 1. The molecule has 2 aromatic rings. The maximum Gasteiger partial charge on any atom is 0.380 e. The van der Waals surface area contributed by atoms with Crippen molar-refractivity contribution >= 4 is 23.4 Å². The van der Waals surface area contributed by atoms with Crippen LogP contribution in [0.2, 0.25) is 0 Å². The van der Waals surface area contributed by atoms with Gasteiger partial charge in [0.1, 0.15) is 11.8 Å². The number of esters is 1. The first-order valence-electron chi connectivity index (χ1n) is 7.98. The standard InChI is InChI=1S/C19H19N3O3/c1-12-9-10-16(13(2)11-12)25-19(24)17-20-14(3)18(23)22(21-17)15-7-5-4-6-8-15/h4-11,14H,1-3H3,(H,20,21)/t14-/m1/s1. The van der Waals surface area contributed by atoms with Crippen molar-refractivity contribution in [3.63, 3.8) is 0 Å². The molecule has 6 heteroatoms. The van der Waals surface area contributed by atoms with Gasteiger partial charge < -0.3 is 4.74 Å². The Morgan fingerprint density at radius 2 is 1.88 bits per heavy atom. The second-order valence-electron chi connectivity index (χ2n) is 5.93. The number of amidine groups is 1. The summed E-state index contributed by atoms with van der Waals surface area (Å²) in [5.41, 5.74) is 5.33. The number of aryl methyl sites for hydroxylation is 2. The number of para-hydroxylation sites is 1. The summed E-state index contributed by atoms with van der Waals surface area (Å²) < 4.78 is 5.44. The minimum atomic E-state index is -0.678. The lowest BCUT2D eigenvalue weighted by Crippen LogP contribution is -2.56. The van der Waals surface area contributed by atoms with Crippen LogP contribution in [0.25, 0.3) is 0 Å². The number of rotatable bonds is 3. The van der Waals surface area contributed by atoms with Crippen molar-refractivity contribution in [1.82, 2.24) is 5.43 Å². The first kappa shape index (κ1) is 16.7. The van der Waals surface area contributed by atoms with E-state index in [1.807, 2.05) is 44.2 Å². The number of nitrogens with zero attached hydrogens (tertiary/aromatic N) is 2. The van der Waals surface area contributed by atoms with Crippen molar-refractivity contribution in [2.75, 3.05) is 5.01 Å². The fourth-order valence-corrected chi connectivity index (χ4v) is 2.55. The molecule has 0 unspecified atom stereocenters. The van der Waals surface area contributed by atoms with E-state index in [-0.39, 0.29) is 11.7 Å². The van der Waals surface area contributed by atoms with E-state index < -0.39 is 12.0 Å². The molecule has 0 spiro atoms. The van der Waals surface area contributed by atoms with E-state index in [0.29, 0.717) is 11.4 Å². The van der Waals surface area contributed by atoms with Gasteiger partial charge in [-0.1, -0.05) is 35.9 Å². The van der Waals surface area contributed by atoms with E-state index in [2.05, 4.69) is 10.4 Å². The van der Waals surface area contributed by atoms with Crippen LogP contribution in [0.4, 0.5) is 5.69 Å². The van der Waals surface area contributed by atoms with Crippen molar-refractivity contribution < 1.29 is 14.3 Å². The zero-order valence-corrected chi connectivity index (χ0v) is 14.3. The van der Waals surface area contributed by atoms with Gasteiger partial charge in [-0.05, 0) is 44.5 Å². The second kappa shape index (κ2) is 6.76. The summed E-state index contributed by atoms with van der Waals surface area (Å²) in [7, 11) is 0. The number of benzene rings is 2. The predicted octanol–water partition coefficient (Wildman–Crippen LogP) is 2.55. The molecule has 0 radical (unpaired) electrons. The molecule has 25 heavy (non-hydrogen) atoms. The summed E-state index contributed by atoms with van der Waals surface area (Å²) in [5.74, 6) is -0.409. The second-order valence-corrected chi connectivity index (χ2v) is 5.93. The van der Waals surface area contributed by atoms with Crippen molar-refractivity contribution in [1.29, 1.82) is 0 Å². The van der Waals surface area contributed by atoms with Crippen LogP contribution < -0.4 is 15.2 Å². The van der Waals surface area contributed by atoms with Crippen LogP contribution in [-0.2, 0) is 9.59 Å². The molecule has 128 valence electrons. The summed E-state index contributed by atoms with van der Waals surface area (Å²) >= 11 is 0. The third kappa shape index (κ3) is 3.52. The van der Waals surface area contributed by atoms with Gasteiger partial charge in [-0.3, -0.25) is 10.2 Å². The normalized spacial score (nSPS) is 16.9. The van der Waals surface area contributed by atoms with Gasteiger partial charge in [0.05, 0.1) is 5.69 Å². The van der Waals surface area contributed by atoms with Crippen LogP contribution in [0.1, 0.15) is 18.1 Å². The Hall–Kier alpha value is -3.15. The zero-order chi connectivity index (χ0) is 18.0. The van der Waals surface area contributed by atoms with E-state index in [0.717, 1.165) is 11.1 Å². The van der Waals surface area contributed by atoms with Gasteiger partial charge in [0.2, 0.25) is 5.84 Å². The Morgan fingerprint density at radius 3 is 2.56 bits per heavy atom. The fourth-order valence-electron chi connectivity index (χ4n) is 2.55. The van der Waals surface area contributed by atoms with Crippen molar-refractivity contribution in [2.45, 2.75) is 26.8 Å². The number of ether oxygens (including phenoxy) is 1. The molecule has 0 bridgehead atoms. The van der Waals surface area contributed by atoms with Crippen LogP contribution in [-0.4, -0.2) is 23.8 Å². The van der Waals surface area contributed by atoms with Crippen molar-refractivity contribution in [3.8, 4) is 5.75 Å². The maximum atomic E-state index is 12.5. The fraction of sp³-hybridized carbons (Fsp3) is 0.211. The third-order valence-electron chi connectivity index (χ3n) is 3.86. The quantitative estimate of drug-likeness (QED) is 0.690. The molecule has 1 aliphatic heterocycles. The summed E-state index contributed by atoms with van der Waals surface area (Å²) in [6.45, 7) is 5.48. The highest BCUT2D eigenvalue weighted by Crippen LogP contribution is 2.20. The molecule has 1 heterocycles. The van der Waals surface area contributed by atoms with Crippen LogP contribution in [0.15, 0.2) is 53.5 Å². The lowest BCUT2D eigenvalue weighted by molar-refractivity contribution is -0.127. The predicted molar refractivity (Wildman–Crippen MR) is 95.5 cm³/mol. The van der Waals surface area contributed by atoms with Crippen LogP contribution in [0, 0.1) is 13.8 Å². The molecule has 1 aliphatic rings. The minimum absolute atomic E-state index is 0.00377. The lowest BCUT2D eigenvalue weighted by atomic mass is 10.1. The maximum absolute atomic E-state index is 12.5. The highest BCUT2D eigenvalue weighted by atomic mass is 16.5. The number of amides is 1. The molecule has 6 nitrogen and oxygen atoms in total. The first-order valence-corrected chi connectivity index (χ1v) is 7.98. The Bertz CT molecular complexity index is 846. The molecule has 1 amide bonds. The van der Waals surface area contributed by atoms with E-state index in [1.54, 1.807) is 25.1 Å². The van der Waals surface area contributed by atoms with Gasteiger partial charge >= 0.3 is 5.97 Å². The Kier molecular flexibility index (Phi) is 4.52. The topological polar surface area (TPSA) is 71.0 Å². The monoisotopic (exact) mass is 337 g/mol. The number of aliphatic imine (C=N–C) groups is 1. The Labute approximate surface area is 146 Å². The van der Waals surface area contributed by atoms with Crippen molar-refractivity contribution in [3.05, 3.63) is 59.7 Å². The van der Waals surface area contributed by atoms with Gasteiger partial charge in [0.15, 0.2) is 0 Å². The summed E-state index contributed by atoms with van der Waals surface area (Å²) in [5, 5.41) is 1.32. The Morgan fingerprint density at radius 1 is 1.16 bits per heavy atom. The highest BCUT2D eigenvalue weighted by Gasteiger charge is 2.31. The molecule has 0 aromatic heterocycles. The molecule has 3 rings (SSSR count). The van der Waals surface area contributed by atoms with Gasteiger partial charge in [-0.25, -0.2) is 14.8 Å². The van der Waals surface area contributed by atoms with Crippen LogP contribution in [0.5, 0.6) is 5.75 Å². The number of nitrogens with one attached hydrogen (secondary N) is 1. The largest absolute Gasteiger partial charge is 0.420 e. The van der Waals surface area contributed by atoms with Gasteiger partial charge in [0, 0.05) is 0 Å². The zero-order valence-electron chi connectivity index (χ0n) is 14.3. The Balaban J connectivity index is 1.82. The third-order valence-corrected chi connectivity index (χ3v) is 3.86. The first-order chi connectivity index (χ1) is 12.0. The molecular formula is C19H19N3O3. The van der Waals surface area contributed by atoms with Gasteiger partial charge in [-0.15, -0.1) is 0 Å². The highest BCUT2D eigenvalue weighted by molar-refractivity contribution is 6.37. The van der Waals surface area contributed by atoms with E-state index >= 15 is 0 Å². The SMILES string of the molecule is Cc1ccc(OC(=O)C2=N[C@H](C)C(=O)N(c3ccccc3)N2)c(C)c1. The molecule has 0 aliphatic carbocycles. The number of hydrogen-bond acceptors (Lipinski definition) is 5. The lowest BCUT2D eigenvalue weighted by Gasteiger charge is -2.30. The molecule has 0 saturated heterocycles. The van der Waals surface area contributed by atoms with E-state index in [1.165, 1.54) is 5.01 Å². The summed E-state index contributed by atoms with van der Waals surface area (Å²) in [6, 6.07) is 13.9. The molecular weight excluding hydrogens is 318 g/mol. The number of carbonyl (C=O) groups excluding carboxylic acids is 2. The summed E-state index contributed by atoms with van der Waals surface area (Å²) in [4.78, 5) is 29.0. The van der Waals surface area contributed by atoms with Crippen LogP contribution in [0.3, 0.4) is 0 Å². The average Bonchev–Trinajstić information content (AvgIpc) is 2.60. The smallest absolute Gasteiger partial charge is 0.380 e. The average molecular weight is 337 g/mol. The molecule has 0 fully saturated rings. The number of hydrazine groups is 1. The van der Waals surface area contributed by atoms with Crippen LogP contribution >= 0.6 is 0 Å². The molecule has 1 N–H and O–H groups in total. The number of hydrogen-bond donors (Lipinski definition) is 1. The van der Waals surface area contributed by atoms with Crippen molar-refractivity contribution in [2.24, 2.45) is 4.99 Å². The minimum Gasteiger partial charge on any atom is -0.420 e. The van der Waals surface area contributed by atoms with Gasteiger partial charge in [0.25, 0.3) is 5.91 Å². The number of carbonyl (C=O) groups is 2. The molecule has 2 aromatic carbocycles.